The summed E-state index contributed by atoms with van der Waals surface area (Å²) in [5.41, 5.74) is 5.71. The van der Waals surface area contributed by atoms with E-state index in [9.17, 15) is 4.79 Å². The zero-order chi connectivity index (χ0) is 12.6. The molecule has 16 heavy (non-hydrogen) atoms. The highest BCUT2D eigenvalue weighted by atomic mass is 16.5. The van der Waals surface area contributed by atoms with Crippen molar-refractivity contribution in [1.29, 1.82) is 0 Å². The molecular weight excluding hydrogens is 204 g/mol. The first-order valence-electron chi connectivity index (χ1n) is 5.78. The number of carbonyl (C=O) groups excluding carboxylic acids is 1. The summed E-state index contributed by atoms with van der Waals surface area (Å²) in [4.78, 5) is 12.1. The van der Waals surface area contributed by atoms with Gasteiger partial charge in [0.2, 0.25) is 5.91 Å². The lowest BCUT2D eigenvalue weighted by molar-refractivity contribution is -0.124. The van der Waals surface area contributed by atoms with Gasteiger partial charge in [-0.25, -0.2) is 0 Å². The van der Waals surface area contributed by atoms with Gasteiger partial charge in [-0.3, -0.25) is 4.79 Å². The normalized spacial score (nSPS) is 23.9. The van der Waals surface area contributed by atoms with Gasteiger partial charge in [0.1, 0.15) is 0 Å². The van der Waals surface area contributed by atoms with Gasteiger partial charge in [0, 0.05) is 19.6 Å². The van der Waals surface area contributed by atoms with E-state index in [0.29, 0.717) is 13.2 Å². The van der Waals surface area contributed by atoms with Crippen LogP contribution in [0.4, 0.5) is 0 Å². The van der Waals surface area contributed by atoms with Crippen LogP contribution in [0, 0.1) is 16.7 Å². The Labute approximate surface area is 97.9 Å². The molecule has 0 aromatic rings. The Morgan fingerprint density at radius 1 is 1.38 bits per heavy atom. The molecule has 4 heteroatoms. The number of nitrogens with two attached hydrogens (primary N) is 1. The second-order valence-electron chi connectivity index (χ2n) is 5.77. The number of methoxy groups -OCH3 is 1. The lowest BCUT2D eigenvalue weighted by atomic mass is 10.0. The largest absolute Gasteiger partial charge is 0.383 e. The minimum Gasteiger partial charge on any atom is -0.383 e. The topological polar surface area (TPSA) is 64.3 Å². The van der Waals surface area contributed by atoms with Gasteiger partial charge in [-0.05, 0) is 10.8 Å². The van der Waals surface area contributed by atoms with Crippen LogP contribution >= 0.6 is 0 Å². The first-order chi connectivity index (χ1) is 7.29. The molecule has 0 heterocycles. The molecule has 1 unspecified atom stereocenters. The summed E-state index contributed by atoms with van der Waals surface area (Å²) in [5, 5.41) is 2.95. The third kappa shape index (κ3) is 2.09. The summed E-state index contributed by atoms with van der Waals surface area (Å²) < 4.78 is 5.01. The van der Waals surface area contributed by atoms with Crippen LogP contribution < -0.4 is 11.1 Å². The number of carbonyl (C=O) groups is 1. The highest BCUT2D eigenvalue weighted by Crippen LogP contribution is 2.68. The van der Waals surface area contributed by atoms with Gasteiger partial charge in [-0.1, -0.05) is 27.7 Å². The number of rotatable bonds is 5. The Morgan fingerprint density at radius 3 is 2.19 bits per heavy atom. The number of amides is 1. The van der Waals surface area contributed by atoms with E-state index < -0.39 is 0 Å². The third-order valence-corrected chi connectivity index (χ3v) is 4.28. The average Bonchev–Trinajstić information content (AvgIpc) is 2.56. The molecule has 0 aromatic heterocycles. The van der Waals surface area contributed by atoms with Crippen molar-refractivity contribution >= 4 is 5.91 Å². The highest BCUT2D eigenvalue weighted by Gasteiger charge is 2.68. The first kappa shape index (κ1) is 13.5. The van der Waals surface area contributed by atoms with Crippen LogP contribution in [-0.4, -0.2) is 32.2 Å². The standard InChI is InChI=1S/C12H24N2O2/c1-11(2)9(12(11,3)4)10(15)14-8(6-13)7-16-5/h8-9H,6-7,13H2,1-5H3,(H,14,15). The zero-order valence-electron chi connectivity index (χ0n) is 11.0. The maximum atomic E-state index is 12.1. The van der Waals surface area contributed by atoms with Crippen molar-refractivity contribution in [1.82, 2.24) is 5.32 Å². The van der Waals surface area contributed by atoms with Crippen LogP contribution in [0.15, 0.2) is 0 Å². The molecule has 0 aliphatic heterocycles. The van der Waals surface area contributed by atoms with Gasteiger partial charge in [0.05, 0.1) is 12.6 Å². The Balaban J connectivity index is 2.55. The predicted octanol–water partition coefficient (Wildman–Crippen LogP) is 0.759. The average molecular weight is 228 g/mol. The molecule has 4 nitrogen and oxygen atoms in total. The van der Waals surface area contributed by atoms with Crippen molar-refractivity contribution in [2.45, 2.75) is 33.7 Å². The van der Waals surface area contributed by atoms with Crippen LogP contribution in [0.1, 0.15) is 27.7 Å². The van der Waals surface area contributed by atoms with Gasteiger partial charge in [-0.15, -0.1) is 0 Å². The summed E-state index contributed by atoms with van der Waals surface area (Å²) in [6.07, 6.45) is 0. The zero-order valence-corrected chi connectivity index (χ0v) is 11.0. The van der Waals surface area contributed by atoms with Crippen molar-refractivity contribution in [3.8, 4) is 0 Å². The van der Waals surface area contributed by atoms with Crippen molar-refractivity contribution < 1.29 is 9.53 Å². The molecule has 1 saturated carbocycles. The SMILES string of the molecule is COCC(CN)NC(=O)C1C(C)(C)C1(C)C. The second-order valence-corrected chi connectivity index (χ2v) is 5.77. The van der Waals surface area contributed by atoms with E-state index in [-0.39, 0.29) is 28.7 Å². The predicted molar refractivity (Wildman–Crippen MR) is 63.9 cm³/mol. The molecule has 0 spiro atoms. The third-order valence-electron chi connectivity index (χ3n) is 4.28. The molecule has 1 fully saturated rings. The number of hydrogen-bond acceptors (Lipinski definition) is 3. The van der Waals surface area contributed by atoms with Gasteiger partial charge >= 0.3 is 0 Å². The van der Waals surface area contributed by atoms with Crippen molar-refractivity contribution in [2.75, 3.05) is 20.3 Å². The van der Waals surface area contributed by atoms with E-state index in [1.54, 1.807) is 7.11 Å². The first-order valence-corrected chi connectivity index (χ1v) is 5.78. The summed E-state index contributed by atoms with van der Waals surface area (Å²) in [7, 11) is 1.61. The van der Waals surface area contributed by atoms with Gasteiger partial charge in [0.25, 0.3) is 0 Å². The van der Waals surface area contributed by atoms with Crippen LogP contribution in [0.25, 0.3) is 0 Å². The molecular formula is C12H24N2O2. The lowest BCUT2D eigenvalue weighted by Crippen LogP contribution is -2.44. The smallest absolute Gasteiger partial charge is 0.224 e. The Hall–Kier alpha value is -0.610. The van der Waals surface area contributed by atoms with Crippen LogP contribution in [-0.2, 0) is 9.53 Å². The number of nitrogens with one attached hydrogen (secondary N) is 1. The molecule has 1 aliphatic carbocycles. The molecule has 1 atom stereocenters. The van der Waals surface area contributed by atoms with Crippen molar-refractivity contribution in [3.05, 3.63) is 0 Å². The fourth-order valence-electron chi connectivity index (χ4n) is 2.51. The van der Waals surface area contributed by atoms with Crippen LogP contribution in [0.3, 0.4) is 0 Å². The second kappa shape index (κ2) is 4.34. The lowest BCUT2D eigenvalue weighted by Gasteiger charge is -2.16. The van der Waals surface area contributed by atoms with E-state index in [1.165, 1.54) is 0 Å². The highest BCUT2D eigenvalue weighted by molar-refractivity contribution is 5.84. The fraction of sp³-hybridized carbons (Fsp3) is 0.917. The number of ether oxygens (including phenoxy) is 1. The molecule has 0 bridgehead atoms. The van der Waals surface area contributed by atoms with Crippen molar-refractivity contribution in [2.24, 2.45) is 22.5 Å². The van der Waals surface area contributed by atoms with Gasteiger partial charge < -0.3 is 15.8 Å². The Morgan fingerprint density at radius 2 is 1.88 bits per heavy atom. The Bertz CT molecular complexity index is 260. The van der Waals surface area contributed by atoms with Crippen LogP contribution in [0.2, 0.25) is 0 Å². The van der Waals surface area contributed by atoms with E-state index in [4.69, 9.17) is 10.5 Å². The monoisotopic (exact) mass is 228 g/mol. The summed E-state index contributed by atoms with van der Waals surface area (Å²) in [5.74, 6) is 0.174. The van der Waals surface area contributed by atoms with E-state index >= 15 is 0 Å². The van der Waals surface area contributed by atoms with Crippen molar-refractivity contribution in [3.63, 3.8) is 0 Å². The molecule has 1 rings (SSSR count). The molecule has 0 aromatic carbocycles. The molecule has 3 N–H and O–H groups in total. The van der Waals surface area contributed by atoms with Gasteiger partial charge in [-0.2, -0.15) is 0 Å². The molecule has 1 amide bonds. The summed E-state index contributed by atoms with van der Waals surface area (Å²) in [6.45, 7) is 9.40. The summed E-state index contributed by atoms with van der Waals surface area (Å²) in [6, 6.07) is -0.0790. The molecule has 0 saturated heterocycles. The van der Waals surface area contributed by atoms with Gasteiger partial charge in [0.15, 0.2) is 0 Å². The molecule has 0 radical (unpaired) electrons. The molecule has 1 aliphatic rings. The number of hydrogen-bond donors (Lipinski definition) is 2. The maximum absolute atomic E-state index is 12.1. The Kier molecular flexibility index (Phi) is 3.65. The minimum absolute atomic E-state index is 0.0727. The van der Waals surface area contributed by atoms with Crippen LogP contribution in [0.5, 0.6) is 0 Å². The fourth-order valence-corrected chi connectivity index (χ4v) is 2.51. The van der Waals surface area contributed by atoms with E-state index in [2.05, 4.69) is 33.0 Å². The molecule has 94 valence electrons. The minimum atomic E-state index is -0.0790. The van der Waals surface area contributed by atoms with E-state index in [0.717, 1.165) is 0 Å². The quantitative estimate of drug-likeness (QED) is 0.730. The maximum Gasteiger partial charge on any atom is 0.224 e. The van der Waals surface area contributed by atoms with E-state index in [1.807, 2.05) is 0 Å². The summed E-state index contributed by atoms with van der Waals surface area (Å²) >= 11 is 0.